The van der Waals surface area contributed by atoms with Gasteiger partial charge in [0.2, 0.25) is 0 Å². The molecule has 0 amide bonds. The molecule has 5 heteroatoms. The van der Waals surface area contributed by atoms with Crippen LogP contribution in [0.1, 0.15) is 22.0 Å². The van der Waals surface area contributed by atoms with E-state index in [2.05, 4.69) is 0 Å². The highest BCUT2D eigenvalue weighted by atomic mass is 32.1. The average molecular weight is 293 g/mol. The van der Waals surface area contributed by atoms with Crippen molar-refractivity contribution in [3.05, 3.63) is 39.6 Å². The van der Waals surface area contributed by atoms with Gasteiger partial charge in [0.05, 0.1) is 27.4 Å². The van der Waals surface area contributed by atoms with Crippen molar-refractivity contribution in [1.29, 1.82) is 0 Å². The van der Waals surface area contributed by atoms with E-state index in [1.165, 1.54) is 0 Å². The Morgan fingerprint density at radius 2 is 1.65 bits per heavy atom. The summed E-state index contributed by atoms with van der Waals surface area (Å²) in [5.41, 5.74) is 8.45. The number of benzene rings is 1. The third-order valence-corrected chi connectivity index (χ3v) is 4.24. The minimum Gasteiger partial charge on any atom is -0.496 e. The molecule has 1 aromatic heterocycles. The summed E-state index contributed by atoms with van der Waals surface area (Å²) in [5.74, 6) is 2.23. The van der Waals surface area contributed by atoms with Crippen LogP contribution in [-0.2, 0) is 0 Å². The molecule has 0 saturated heterocycles. The molecule has 0 aliphatic heterocycles. The summed E-state index contributed by atoms with van der Waals surface area (Å²) in [7, 11) is 4.90. The highest BCUT2D eigenvalue weighted by Gasteiger charge is 2.17. The predicted molar refractivity (Wildman–Crippen MR) is 81.2 cm³/mol. The minimum absolute atomic E-state index is 0.205. The van der Waals surface area contributed by atoms with Crippen molar-refractivity contribution in [1.82, 2.24) is 0 Å². The molecule has 0 bridgehead atoms. The van der Waals surface area contributed by atoms with Crippen molar-refractivity contribution < 1.29 is 14.2 Å². The van der Waals surface area contributed by atoms with E-state index in [1.54, 1.807) is 32.7 Å². The number of methoxy groups -OCH3 is 3. The first kappa shape index (κ1) is 14.7. The van der Waals surface area contributed by atoms with E-state index in [4.69, 9.17) is 19.9 Å². The first-order chi connectivity index (χ1) is 9.60. The van der Waals surface area contributed by atoms with E-state index in [0.29, 0.717) is 11.5 Å². The molecule has 0 fully saturated rings. The Morgan fingerprint density at radius 1 is 1.00 bits per heavy atom. The molecule has 2 aromatic rings. The van der Waals surface area contributed by atoms with E-state index >= 15 is 0 Å². The maximum Gasteiger partial charge on any atom is 0.161 e. The summed E-state index contributed by atoms with van der Waals surface area (Å²) in [5, 5.41) is 1.95. The summed E-state index contributed by atoms with van der Waals surface area (Å²) >= 11 is 1.59. The van der Waals surface area contributed by atoms with Crippen LogP contribution in [-0.4, -0.2) is 21.3 Å². The van der Waals surface area contributed by atoms with Gasteiger partial charge in [-0.2, -0.15) is 0 Å². The lowest BCUT2D eigenvalue weighted by atomic mass is 10.00. The summed E-state index contributed by atoms with van der Waals surface area (Å²) in [4.78, 5) is 1.05. The number of aryl methyl sites for hydroxylation is 1. The van der Waals surface area contributed by atoms with Crippen LogP contribution < -0.4 is 19.9 Å². The Morgan fingerprint density at radius 3 is 2.20 bits per heavy atom. The van der Waals surface area contributed by atoms with Crippen molar-refractivity contribution in [3.8, 4) is 17.2 Å². The summed E-state index contributed by atoms with van der Waals surface area (Å²) in [6.45, 7) is 2.02. The van der Waals surface area contributed by atoms with Crippen molar-refractivity contribution in [2.75, 3.05) is 21.3 Å². The lowest BCUT2D eigenvalue weighted by molar-refractivity contribution is 0.354. The van der Waals surface area contributed by atoms with E-state index in [-0.39, 0.29) is 6.04 Å². The summed E-state index contributed by atoms with van der Waals surface area (Å²) < 4.78 is 15.8. The van der Waals surface area contributed by atoms with E-state index < -0.39 is 0 Å². The predicted octanol–water partition coefficient (Wildman–Crippen LogP) is 3.13. The molecule has 1 aromatic carbocycles. The lowest BCUT2D eigenvalue weighted by Crippen LogP contribution is -2.12. The van der Waals surface area contributed by atoms with Crippen LogP contribution in [0.3, 0.4) is 0 Å². The second-order valence-corrected chi connectivity index (χ2v) is 5.37. The van der Waals surface area contributed by atoms with E-state index in [1.807, 2.05) is 30.5 Å². The molecule has 0 spiro atoms. The number of thiophene rings is 1. The first-order valence-electron chi connectivity index (χ1n) is 6.21. The van der Waals surface area contributed by atoms with Crippen LogP contribution >= 0.6 is 11.3 Å². The molecule has 0 radical (unpaired) electrons. The SMILES string of the molecule is COc1csc(C(N)c2cc(OC)c(OC)cc2C)c1. The zero-order valence-corrected chi connectivity index (χ0v) is 12.9. The number of hydrogen-bond donors (Lipinski definition) is 1. The molecule has 2 N–H and O–H groups in total. The molecular formula is C15H19NO3S. The third-order valence-electron chi connectivity index (χ3n) is 3.25. The molecule has 0 aliphatic carbocycles. The standard InChI is InChI=1S/C15H19NO3S/c1-9-5-12(18-3)13(19-4)7-11(9)15(16)14-6-10(17-2)8-20-14/h5-8,15H,16H2,1-4H3. The molecule has 0 aliphatic rings. The number of rotatable bonds is 5. The number of nitrogens with two attached hydrogens (primary N) is 1. The first-order valence-corrected chi connectivity index (χ1v) is 7.09. The second kappa shape index (κ2) is 6.15. The lowest BCUT2D eigenvalue weighted by Gasteiger charge is -2.17. The Balaban J connectivity index is 2.40. The van der Waals surface area contributed by atoms with Gasteiger partial charge >= 0.3 is 0 Å². The molecule has 1 heterocycles. The largest absolute Gasteiger partial charge is 0.496 e. The highest BCUT2D eigenvalue weighted by molar-refractivity contribution is 7.10. The van der Waals surface area contributed by atoms with Gasteiger partial charge in [0.25, 0.3) is 0 Å². The quantitative estimate of drug-likeness (QED) is 0.920. The topological polar surface area (TPSA) is 53.7 Å². The van der Waals surface area contributed by atoms with Gasteiger partial charge < -0.3 is 19.9 Å². The molecule has 1 atom stereocenters. The number of ether oxygens (including phenoxy) is 3. The molecule has 4 nitrogen and oxygen atoms in total. The van der Waals surface area contributed by atoms with Gasteiger partial charge in [-0.3, -0.25) is 0 Å². The second-order valence-electron chi connectivity index (χ2n) is 4.43. The van der Waals surface area contributed by atoms with Gasteiger partial charge in [0, 0.05) is 10.3 Å². The van der Waals surface area contributed by atoms with Gasteiger partial charge in [0.15, 0.2) is 11.5 Å². The van der Waals surface area contributed by atoms with Crippen LogP contribution in [0.2, 0.25) is 0 Å². The van der Waals surface area contributed by atoms with Crippen molar-refractivity contribution in [3.63, 3.8) is 0 Å². The van der Waals surface area contributed by atoms with Crippen molar-refractivity contribution in [2.24, 2.45) is 5.73 Å². The zero-order chi connectivity index (χ0) is 14.7. The van der Waals surface area contributed by atoms with E-state index in [0.717, 1.165) is 21.8 Å². The van der Waals surface area contributed by atoms with Crippen LogP contribution in [0.4, 0.5) is 0 Å². The summed E-state index contributed by atoms with van der Waals surface area (Å²) in [6.07, 6.45) is 0. The fourth-order valence-electron chi connectivity index (χ4n) is 2.09. The molecule has 1 unspecified atom stereocenters. The van der Waals surface area contributed by atoms with Gasteiger partial charge in [-0.25, -0.2) is 0 Å². The molecular weight excluding hydrogens is 274 g/mol. The monoisotopic (exact) mass is 293 g/mol. The van der Waals surface area contributed by atoms with E-state index in [9.17, 15) is 0 Å². The molecule has 108 valence electrons. The van der Waals surface area contributed by atoms with Crippen LogP contribution in [0.5, 0.6) is 17.2 Å². The fraction of sp³-hybridized carbons (Fsp3) is 0.333. The highest BCUT2D eigenvalue weighted by Crippen LogP contribution is 2.36. The van der Waals surface area contributed by atoms with Crippen LogP contribution in [0.15, 0.2) is 23.6 Å². The summed E-state index contributed by atoms with van der Waals surface area (Å²) in [6, 6.07) is 5.64. The van der Waals surface area contributed by atoms with Crippen LogP contribution in [0, 0.1) is 6.92 Å². The van der Waals surface area contributed by atoms with Gasteiger partial charge in [-0.15, -0.1) is 11.3 Å². The van der Waals surface area contributed by atoms with Gasteiger partial charge in [0.1, 0.15) is 5.75 Å². The van der Waals surface area contributed by atoms with Crippen LogP contribution in [0.25, 0.3) is 0 Å². The maximum absolute atomic E-state index is 6.36. The zero-order valence-electron chi connectivity index (χ0n) is 12.1. The van der Waals surface area contributed by atoms with Gasteiger partial charge in [-0.1, -0.05) is 0 Å². The maximum atomic E-state index is 6.36. The number of hydrogen-bond acceptors (Lipinski definition) is 5. The third kappa shape index (κ3) is 2.73. The Labute approximate surface area is 123 Å². The van der Waals surface area contributed by atoms with Gasteiger partial charge in [-0.05, 0) is 36.2 Å². The van der Waals surface area contributed by atoms with Crippen molar-refractivity contribution in [2.45, 2.75) is 13.0 Å². The fourth-order valence-corrected chi connectivity index (χ4v) is 2.96. The molecule has 20 heavy (non-hydrogen) atoms. The Bertz CT molecular complexity index is 595. The Hall–Kier alpha value is -1.72. The van der Waals surface area contributed by atoms with Crippen molar-refractivity contribution >= 4 is 11.3 Å². The smallest absolute Gasteiger partial charge is 0.161 e. The molecule has 0 saturated carbocycles. The molecule has 2 rings (SSSR count). The normalized spacial score (nSPS) is 12.1. The average Bonchev–Trinajstić information content (AvgIpc) is 2.95. The minimum atomic E-state index is -0.205. The Kier molecular flexibility index (Phi) is 4.52.